The van der Waals surface area contributed by atoms with Gasteiger partial charge in [0.2, 0.25) is 0 Å². The van der Waals surface area contributed by atoms with Crippen molar-refractivity contribution in [1.82, 2.24) is 15.1 Å². The number of ether oxygens (including phenoxy) is 3. The summed E-state index contributed by atoms with van der Waals surface area (Å²) in [5, 5.41) is 10.5. The number of nitrogens with zero attached hydrogens (tertiary/aromatic N) is 4. The van der Waals surface area contributed by atoms with Crippen molar-refractivity contribution in [2.45, 2.75) is 45.3 Å². The Kier molecular flexibility index (Phi) is 9.07. The molecule has 10 nitrogen and oxygen atoms in total. The van der Waals surface area contributed by atoms with Crippen molar-refractivity contribution in [3.8, 4) is 22.8 Å². The number of methoxy groups -OCH3 is 2. The SMILES string of the molecule is COc1ccc(/C=C2/CCCC3C2=NN(C(=O)C(C)OC(=O)c2cc(-c4cc(F)ccc4F)nc4onc(C)c24)C3c2ccc(OC)cc2)cc1. The minimum Gasteiger partial charge on any atom is -0.497 e. The molecule has 5 aromatic rings. The summed E-state index contributed by atoms with van der Waals surface area (Å²) in [6.07, 6.45) is 3.29. The van der Waals surface area contributed by atoms with Gasteiger partial charge in [-0.05, 0) is 104 Å². The van der Waals surface area contributed by atoms with Crippen molar-refractivity contribution in [3.63, 3.8) is 0 Å². The maximum atomic E-state index is 14.8. The average Bonchev–Trinajstić information content (AvgIpc) is 3.73. The molecule has 0 radical (unpaired) electrons. The van der Waals surface area contributed by atoms with Crippen molar-refractivity contribution in [3.05, 3.63) is 112 Å². The van der Waals surface area contributed by atoms with Crippen molar-refractivity contribution in [2.75, 3.05) is 14.2 Å². The van der Waals surface area contributed by atoms with Gasteiger partial charge in [-0.25, -0.2) is 23.6 Å². The second-order valence-corrected chi connectivity index (χ2v) is 12.5. The number of halogens is 2. The van der Waals surface area contributed by atoms with E-state index in [-0.39, 0.29) is 33.8 Å². The number of hydrogen-bond acceptors (Lipinski definition) is 9. The summed E-state index contributed by atoms with van der Waals surface area (Å²) >= 11 is 0. The fraction of sp³-hybridized carbons (Fsp3) is 0.256. The largest absolute Gasteiger partial charge is 0.497 e. The van der Waals surface area contributed by atoms with E-state index in [2.05, 4.69) is 16.2 Å². The predicted octanol–water partition coefficient (Wildman–Crippen LogP) is 7.86. The highest BCUT2D eigenvalue weighted by Crippen LogP contribution is 2.45. The van der Waals surface area contributed by atoms with Crippen LogP contribution in [0.4, 0.5) is 8.78 Å². The zero-order chi connectivity index (χ0) is 35.8. The minimum absolute atomic E-state index is 0.0603. The van der Waals surface area contributed by atoms with Crippen LogP contribution >= 0.6 is 0 Å². The third kappa shape index (κ3) is 6.44. The molecule has 260 valence electrons. The lowest BCUT2D eigenvalue weighted by Gasteiger charge is -2.30. The number of rotatable bonds is 8. The van der Waals surface area contributed by atoms with Crippen LogP contribution in [0.15, 0.2) is 88.0 Å². The summed E-state index contributed by atoms with van der Waals surface area (Å²) in [6.45, 7) is 3.09. The Labute approximate surface area is 292 Å². The van der Waals surface area contributed by atoms with Crippen LogP contribution < -0.4 is 9.47 Å². The average molecular weight is 693 g/mol. The lowest BCUT2D eigenvalue weighted by atomic mass is 9.77. The Morgan fingerprint density at radius 1 is 0.980 bits per heavy atom. The van der Waals surface area contributed by atoms with E-state index in [0.717, 1.165) is 65.6 Å². The highest BCUT2D eigenvalue weighted by atomic mass is 19.1. The maximum Gasteiger partial charge on any atom is 0.339 e. The van der Waals surface area contributed by atoms with Gasteiger partial charge in [0.25, 0.3) is 11.6 Å². The molecule has 3 atom stereocenters. The number of allylic oxidation sites excluding steroid dienone is 1. The predicted molar refractivity (Wildman–Crippen MR) is 185 cm³/mol. The van der Waals surface area contributed by atoms with Crippen LogP contribution in [0.3, 0.4) is 0 Å². The van der Waals surface area contributed by atoms with Crippen molar-refractivity contribution in [2.24, 2.45) is 11.0 Å². The molecule has 2 aliphatic rings. The summed E-state index contributed by atoms with van der Waals surface area (Å²) in [6, 6.07) is 19.0. The molecule has 0 spiro atoms. The van der Waals surface area contributed by atoms with Gasteiger partial charge in [0.1, 0.15) is 23.1 Å². The first-order valence-electron chi connectivity index (χ1n) is 16.5. The van der Waals surface area contributed by atoms with Gasteiger partial charge in [0, 0.05) is 11.5 Å². The minimum atomic E-state index is -1.28. The topological polar surface area (TPSA) is 116 Å². The first-order chi connectivity index (χ1) is 24.6. The van der Waals surface area contributed by atoms with Crippen molar-refractivity contribution >= 4 is 34.8 Å². The molecule has 1 aliphatic heterocycles. The molecule has 1 amide bonds. The van der Waals surface area contributed by atoms with E-state index in [1.54, 1.807) is 21.1 Å². The number of aromatic nitrogens is 2. The van der Waals surface area contributed by atoms with Crippen LogP contribution in [0.1, 0.15) is 59.4 Å². The van der Waals surface area contributed by atoms with Gasteiger partial charge < -0.3 is 18.7 Å². The Balaban J connectivity index is 1.22. The van der Waals surface area contributed by atoms with Gasteiger partial charge >= 0.3 is 5.97 Å². The number of fused-ring (bicyclic) bond motifs is 2. The number of benzene rings is 3. The summed E-state index contributed by atoms with van der Waals surface area (Å²) in [5.41, 5.74) is 3.63. The number of hydrogen-bond donors (Lipinski definition) is 0. The summed E-state index contributed by atoms with van der Waals surface area (Å²) in [4.78, 5) is 32.4. The van der Waals surface area contributed by atoms with E-state index in [9.17, 15) is 18.4 Å². The van der Waals surface area contributed by atoms with Crippen LogP contribution in [-0.4, -0.2) is 53.1 Å². The van der Waals surface area contributed by atoms with Crippen LogP contribution in [0.2, 0.25) is 0 Å². The normalized spacial score (nSPS) is 18.4. The Hall–Kier alpha value is -5.91. The third-order valence-corrected chi connectivity index (χ3v) is 9.31. The molecule has 1 fully saturated rings. The van der Waals surface area contributed by atoms with Crippen molar-refractivity contribution in [1.29, 1.82) is 0 Å². The van der Waals surface area contributed by atoms with E-state index in [1.165, 1.54) is 18.0 Å². The zero-order valence-electron chi connectivity index (χ0n) is 28.4. The number of esters is 1. The lowest BCUT2D eigenvalue weighted by molar-refractivity contribution is -0.142. The van der Waals surface area contributed by atoms with Crippen molar-refractivity contribution < 1.29 is 37.1 Å². The standard InChI is InChI=1S/C39H34F2N4O6/c1-21-34-31(20-33(42-37(34)51-44-21)30-19-26(40)12-17-32(30)41)39(47)50-22(2)38(46)45-36(24-10-15-28(49-4)16-11-24)29-7-5-6-25(35(29)43-45)18-23-8-13-27(48-3)14-9-23/h8-20,22,29,36H,5-7H2,1-4H3/b25-18-. The second kappa shape index (κ2) is 13.8. The van der Waals surface area contributed by atoms with Gasteiger partial charge in [0.05, 0.1) is 48.3 Å². The highest BCUT2D eigenvalue weighted by Gasteiger charge is 2.45. The molecule has 1 aliphatic carbocycles. The lowest BCUT2D eigenvalue weighted by Crippen LogP contribution is -2.39. The molecule has 3 heterocycles. The third-order valence-electron chi connectivity index (χ3n) is 9.31. The van der Waals surface area contributed by atoms with Gasteiger partial charge in [-0.2, -0.15) is 5.10 Å². The first kappa shape index (κ1) is 33.6. The summed E-state index contributed by atoms with van der Waals surface area (Å²) < 4.78 is 50.6. The van der Waals surface area contributed by atoms with Gasteiger partial charge in [-0.3, -0.25) is 4.79 Å². The summed E-state index contributed by atoms with van der Waals surface area (Å²) in [5.74, 6) is -1.54. The molecular weight excluding hydrogens is 658 g/mol. The molecule has 1 saturated carbocycles. The molecular formula is C39H34F2N4O6. The van der Waals surface area contributed by atoms with E-state index in [4.69, 9.17) is 23.8 Å². The second-order valence-electron chi connectivity index (χ2n) is 12.5. The molecule has 0 saturated heterocycles. The highest BCUT2D eigenvalue weighted by molar-refractivity contribution is 6.09. The van der Waals surface area contributed by atoms with E-state index in [1.807, 2.05) is 48.5 Å². The Morgan fingerprint density at radius 2 is 1.69 bits per heavy atom. The van der Waals surface area contributed by atoms with E-state index in [0.29, 0.717) is 11.4 Å². The fourth-order valence-electron chi connectivity index (χ4n) is 6.77. The maximum absolute atomic E-state index is 14.8. The molecule has 3 unspecified atom stereocenters. The number of carbonyl (C=O) groups is 2. The van der Waals surface area contributed by atoms with E-state index < -0.39 is 35.7 Å². The zero-order valence-corrected chi connectivity index (χ0v) is 28.4. The molecule has 3 aromatic carbocycles. The van der Waals surface area contributed by atoms with Gasteiger partial charge in [-0.1, -0.05) is 29.4 Å². The van der Waals surface area contributed by atoms with Gasteiger partial charge in [0.15, 0.2) is 6.10 Å². The fourth-order valence-corrected chi connectivity index (χ4v) is 6.77. The first-order valence-corrected chi connectivity index (χ1v) is 16.5. The van der Waals surface area contributed by atoms with Crippen LogP contribution in [0.5, 0.6) is 11.5 Å². The number of hydrazone groups is 1. The Morgan fingerprint density at radius 3 is 2.39 bits per heavy atom. The van der Waals surface area contributed by atoms with Crippen LogP contribution in [0, 0.1) is 24.5 Å². The Bertz CT molecular complexity index is 2200. The van der Waals surface area contributed by atoms with Gasteiger partial charge in [-0.15, -0.1) is 0 Å². The van der Waals surface area contributed by atoms with Crippen LogP contribution in [0.25, 0.3) is 28.4 Å². The number of amides is 1. The quantitative estimate of drug-likeness (QED) is 0.151. The molecule has 51 heavy (non-hydrogen) atoms. The molecule has 12 heteroatoms. The van der Waals surface area contributed by atoms with E-state index >= 15 is 0 Å². The molecule has 0 N–H and O–H groups in total. The number of aryl methyl sites for hydroxylation is 1. The molecule has 2 aromatic heterocycles. The molecule has 7 rings (SSSR count). The number of carbonyl (C=O) groups excluding carboxylic acids is 2. The van der Waals surface area contributed by atoms with Crippen LogP contribution in [-0.2, 0) is 9.53 Å². The summed E-state index contributed by atoms with van der Waals surface area (Å²) in [7, 11) is 3.21. The smallest absolute Gasteiger partial charge is 0.339 e. The molecule has 0 bridgehead atoms. The number of pyridine rings is 1. The monoisotopic (exact) mass is 692 g/mol.